The van der Waals surface area contributed by atoms with E-state index in [4.69, 9.17) is 17.0 Å². The van der Waals surface area contributed by atoms with Gasteiger partial charge in [-0.3, -0.25) is 9.59 Å². The summed E-state index contributed by atoms with van der Waals surface area (Å²) in [6.45, 7) is 4.15. The smallest absolute Gasteiger partial charge is 0.326 e. The van der Waals surface area contributed by atoms with Crippen molar-refractivity contribution in [1.82, 2.24) is 5.32 Å². The van der Waals surface area contributed by atoms with E-state index in [2.05, 4.69) is 36.3 Å². The number of hydrogen-bond acceptors (Lipinski definition) is 6. The molecule has 37 heavy (non-hydrogen) atoms. The molecule has 4 aliphatic carbocycles. The van der Waals surface area contributed by atoms with Crippen LogP contribution in [0.2, 0.25) is 0 Å². The number of aliphatic hydroxyl groups is 1. The minimum atomic E-state index is -1.24. The summed E-state index contributed by atoms with van der Waals surface area (Å²) in [7, 11) is 0. The van der Waals surface area contributed by atoms with Gasteiger partial charge in [-0.1, -0.05) is 30.5 Å². The van der Waals surface area contributed by atoms with E-state index >= 15 is 0 Å². The lowest BCUT2D eigenvalue weighted by molar-refractivity contribution is -0.142. The summed E-state index contributed by atoms with van der Waals surface area (Å²) in [6, 6.07) is -1.21. The fourth-order valence-corrected chi connectivity index (χ4v) is 7.85. The summed E-state index contributed by atoms with van der Waals surface area (Å²) in [5.74, 6) is 1.80. The standard InChI is InChI=1S/C28H39N3O6/c1-4-28(36)14-11-21-19-6-5-17-15-18(9-12-26(17,2)20(19)10-13-27(21,28)3)31-37-16-24(33)30-22(25(34)35)7-8-23(29)32/h1,15,19-22,36H,5-14,16H2,2-3H3,(H2,29,32)(H,30,33)(H,34,35)/b31-18+/t19-,20-,21+,22+,26-,27-,28+/m0/s1. The van der Waals surface area contributed by atoms with Gasteiger partial charge >= 0.3 is 5.97 Å². The Bertz CT molecular complexity index is 1060. The predicted molar refractivity (Wildman–Crippen MR) is 137 cm³/mol. The van der Waals surface area contributed by atoms with E-state index in [1.807, 2.05) is 0 Å². The summed E-state index contributed by atoms with van der Waals surface area (Å²) in [5.41, 5.74) is 6.08. The van der Waals surface area contributed by atoms with Gasteiger partial charge < -0.3 is 26.1 Å². The lowest BCUT2D eigenvalue weighted by Gasteiger charge is -2.58. The number of aliphatic carboxylic acids is 1. The van der Waals surface area contributed by atoms with Crippen molar-refractivity contribution in [3.8, 4) is 12.3 Å². The first-order chi connectivity index (χ1) is 17.4. The second-order valence-corrected chi connectivity index (χ2v) is 11.8. The Hall–Kier alpha value is -2.86. The van der Waals surface area contributed by atoms with Gasteiger partial charge in [0.25, 0.3) is 5.91 Å². The van der Waals surface area contributed by atoms with E-state index < -0.39 is 36.0 Å². The number of nitrogens with one attached hydrogen (secondary N) is 1. The Balaban J connectivity index is 1.37. The lowest BCUT2D eigenvalue weighted by atomic mass is 9.46. The number of carboxylic acid groups (broad SMARTS) is 1. The molecule has 0 radical (unpaired) electrons. The summed E-state index contributed by atoms with van der Waals surface area (Å²) in [5, 5.41) is 26.9. The topological polar surface area (TPSA) is 151 Å². The van der Waals surface area contributed by atoms with Crippen molar-refractivity contribution in [3.05, 3.63) is 11.6 Å². The van der Waals surface area contributed by atoms with Crippen LogP contribution in [0.15, 0.2) is 16.8 Å². The monoisotopic (exact) mass is 513 g/mol. The maximum absolute atomic E-state index is 12.1. The van der Waals surface area contributed by atoms with Crippen LogP contribution >= 0.6 is 0 Å². The van der Waals surface area contributed by atoms with Gasteiger partial charge in [-0.05, 0) is 87.0 Å². The molecule has 0 aromatic heterocycles. The molecule has 5 N–H and O–H groups in total. The molecular formula is C28H39N3O6. The Morgan fingerprint density at radius 3 is 2.62 bits per heavy atom. The molecule has 0 heterocycles. The Kier molecular flexibility index (Phi) is 7.44. The number of oxime groups is 1. The summed E-state index contributed by atoms with van der Waals surface area (Å²) >= 11 is 0. The first-order valence-corrected chi connectivity index (χ1v) is 13.3. The third-order valence-corrected chi connectivity index (χ3v) is 10.1. The van der Waals surface area contributed by atoms with Crippen LogP contribution in [-0.2, 0) is 19.2 Å². The van der Waals surface area contributed by atoms with E-state index in [9.17, 15) is 24.6 Å². The third kappa shape index (κ3) is 4.88. The number of allylic oxidation sites excluding steroid dienone is 2. The maximum Gasteiger partial charge on any atom is 0.326 e. The first-order valence-electron chi connectivity index (χ1n) is 13.3. The molecule has 0 unspecified atom stereocenters. The second kappa shape index (κ2) is 10.1. The van der Waals surface area contributed by atoms with Gasteiger partial charge in [0, 0.05) is 11.8 Å². The van der Waals surface area contributed by atoms with E-state index in [-0.39, 0.29) is 23.7 Å². The van der Waals surface area contributed by atoms with Crippen molar-refractivity contribution >= 4 is 23.5 Å². The number of rotatable bonds is 8. The number of terminal acetylenes is 1. The van der Waals surface area contributed by atoms with Crippen LogP contribution in [0.3, 0.4) is 0 Å². The molecule has 9 heteroatoms. The number of carbonyl (C=O) groups excluding carboxylic acids is 2. The molecule has 202 valence electrons. The lowest BCUT2D eigenvalue weighted by Crippen LogP contribution is -2.54. The molecule has 4 rings (SSSR count). The molecule has 9 nitrogen and oxygen atoms in total. The molecule has 3 fully saturated rings. The number of primary amides is 1. The van der Waals surface area contributed by atoms with Gasteiger partial charge in [0.2, 0.25) is 5.91 Å². The zero-order valence-corrected chi connectivity index (χ0v) is 21.8. The first kappa shape index (κ1) is 27.2. The highest BCUT2D eigenvalue weighted by atomic mass is 16.6. The zero-order valence-electron chi connectivity index (χ0n) is 21.8. The number of fused-ring (bicyclic) bond motifs is 5. The minimum Gasteiger partial charge on any atom is -0.480 e. The SMILES string of the molecule is C#C[C@@]1(O)CC[C@@H]2[C@H]3CCC4=C/C(=N/OCC(=O)N[C@H](CCC(N)=O)C(=O)O)CC[C@]4(C)[C@H]3CC[C@@]21C. The zero-order chi connectivity index (χ0) is 27.0. The van der Waals surface area contributed by atoms with Crippen LogP contribution in [0, 0.1) is 40.9 Å². The molecular weight excluding hydrogens is 474 g/mol. The van der Waals surface area contributed by atoms with E-state index in [0.717, 1.165) is 50.7 Å². The van der Waals surface area contributed by atoms with Gasteiger partial charge in [0.05, 0.1) is 5.71 Å². The Morgan fingerprint density at radius 2 is 1.95 bits per heavy atom. The van der Waals surface area contributed by atoms with Crippen LogP contribution in [-0.4, -0.2) is 52.0 Å². The van der Waals surface area contributed by atoms with Gasteiger partial charge in [-0.25, -0.2) is 4.79 Å². The highest BCUT2D eigenvalue weighted by Gasteiger charge is 2.63. The molecule has 2 amide bonds. The molecule has 0 aliphatic heterocycles. The van der Waals surface area contributed by atoms with Crippen molar-refractivity contribution in [2.45, 2.75) is 89.7 Å². The van der Waals surface area contributed by atoms with Crippen LogP contribution in [0.1, 0.15) is 78.1 Å². The molecule has 0 aromatic rings. The number of hydrogen-bond donors (Lipinski definition) is 4. The Labute approximate surface area is 218 Å². The van der Waals surface area contributed by atoms with Crippen molar-refractivity contribution in [1.29, 1.82) is 0 Å². The predicted octanol–water partition coefficient (Wildman–Crippen LogP) is 2.52. The number of nitrogens with zero attached hydrogens (tertiary/aromatic N) is 1. The normalized spacial score (nSPS) is 38.3. The second-order valence-electron chi connectivity index (χ2n) is 11.8. The molecule has 0 bridgehead atoms. The van der Waals surface area contributed by atoms with E-state index in [0.29, 0.717) is 24.2 Å². The average molecular weight is 514 g/mol. The van der Waals surface area contributed by atoms with Crippen LogP contribution in [0.5, 0.6) is 0 Å². The molecule has 7 atom stereocenters. The quantitative estimate of drug-likeness (QED) is 0.289. The molecule has 0 spiro atoms. The number of amides is 2. The molecule has 3 saturated carbocycles. The van der Waals surface area contributed by atoms with Crippen molar-refractivity contribution in [3.63, 3.8) is 0 Å². The fraction of sp³-hybridized carbons (Fsp3) is 0.714. The minimum absolute atomic E-state index is 0.0760. The summed E-state index contributed by atoms with van der Waals surface area (Å²) in [4.78, 5) is 39.6. The van der Waals surface area contributed by atoms with Gasteiger partial charge in [0.1, 0.15) is 11.6 Å². The number of carbonyl (C=O) groups is 3. The van der Waals surface area contributed by atoms with Crippen molar-refractivity contribution in [2.24, 2.45) is 39.5 Å². The number of nitrogens with two attached hydrogens (primary N) is 1. The van der Waals surface area contributed by atoms with Crippen LogP contribution in [0.25, 0.3) is 0 Å². The maximum atomic E-state index is 12.1. The van der Waals surface area contributed by atoms with E-state index in [1.165, 1.54) is 5.57 Å². The molecule has 0 saturated heterocycles. The number of carboxylic acids is 1. The third-order valence-electron chi connectivity index (χ3n) is 10.1. The molecule has 4 aliphatic rings. The van der Waals surface area contributed by atoms with Crippen molar-refractivity contribution in [2.75, 3.05) is 6.61 Å². The van der Waals surface area contributed by atoms with Gasteiger partial charge in [0.15, 0.2) is 6.61 Å². The summed E-state index contributed by atoms with van der Waals surface area (Å²) < 4.78 is 0. The fourth-order valence-electron chi connectivity index (χ4n) is 7.85. The van der Waals surface area contributed by atoms with E-state index in [1.54, 1.807) is 0 Å². The van der Waals surface area contributed by atoms with Gasteiger partial charge in [-0.15, -0.1) is 6.42 Å². The largest absolute Gasteiger partial charge is 0.480 e. The van der Waals surface area contributed by atoms with Crippen LogP contribution < -0.4 is 11.1 Å². The van der Waals surface area contributed by atoms with Crippen molar-refractivity contribution < 1.29 is 29.4 Å². The average Bonchev–Trinajstić information content (AvgIpc) is 3.12. The highest BCUT2D eigenvalue weighted by Crippen LogP contribution is 2.67. The Morgan fingerprint density at radius 1 is 1.22 bits per heavy atom. The summed E-state index contributed by atoms with van der Waals surface area (Å²) in [6.07, 6.45) is 15.1. The van der Waals surface area contributed by atoms with Gasteiger partial charge in [-0.2, -0.15) is 0 Å². The van der Waals surface area contributed by atoms with Crippen LogP contribution in [0.4, 0.5) is 0 Å². The highest BCUT2D eigenvalue weighted by molar-refractivity contribution is 5.96. The molecule has 0 aromatic carbocycles.